The van der Waals surface area contributed by atoms with Crippen LogP contribution in [0, 0.1) is 0 Å². The van der Waals surface area contributed by atoms with Gasteiger partial charge >= 0.3 is 6.36 Å². The van der Waals surface area contributed by atoms with E-state index in [9.17, 15) is 22.8 Å². The van der Waals surface area contributed by atoms with Gasteiger partial charge in [0.2, 0.25) is 11.8 Å². The number of thioether (sulfide) groups is 1. The zero-order chi connectivity index (χ0) is 30.7. The first-order valence-corrected chi connectivity index (χ1v) is 14.7. The summed E-state index contributed by atoms with van der Waals surface area (Å²) in [6.07, 6.45) is -1.74. The van der Waals surface area contributed by atoms with Crippen molar-refractivity contribution in [3.63, 3.8) is 0 Å². The quantitative estimate of drug-likeness (QED) is 0.175. The molecule has 1 aliphatic heterocycles. The Hall–Kier alpha value is -4.13. The lowest BCUT2D eigenvalue weighted by Crippen LogP contribution is -2.41. The van der Waals surface area contributed by atoms with Crippen LogP contribution in [0.2, 0.25) is 0 Å². The number of halogens is 3. The van der Waals surface area contributed by atoms with Crippen molar-refractivity contribution in [2.75, 3.05) is 48.3 Å². The van der Waals surface area contributed by atoms with E-state index in [0.29, 0.717) is 29.2 Å². The summed E-state index contributed by atoms with van der Waals surface area (Å²) in [5.41, 5.74) is 2.89. The second kappa shape index (κ2) is 15.4. The Labute approximate surface area is 252 Å². The topological polar surface area (TPSA) is 95.1 Å². The highest BCUT2D eigenvalue weighted by molar-refractivity contribution is 7.99. The molecule has 0 radical (unpaired) electrons. The monoisotopic (exact) mass is 611 g/mol. The molecule has 1 saturated heterocycles. The summed E-state index contributed by atoms with van der Waals surface area (Å²) < 4.78 is 41.4. The summed E-state index contributed by atoms with van der Waals surface area (Å²) >= 11 is 1.92. The molecule has 1 aliphatic rings. The number of carbonyl (C=O) groups excluding carboxylic acids is 2. The summed E-state index contributed by atoms with van der Waals surface area (Å²) in [5, 5.41) is 8.87. The van der Waals surface area contributed by atoms with Crippen molar-refractivity contribution < 1.29 is 27.5 Å². The number of rotatable bonds is 12. The fraction of sp³-hybridized carbons (Fsp3) is 0.258. The molecule has 0 spiro atoms. The number of aliphatic imine (C=N–C) groups is 1. The molecule has 43 heavy (non-hydrogen) atoms. The molecule has 0 saturated carbocycles. The minimum atomic E-state index is -4.80. The van der Waals surface area contributed by atoms with Crippen LogP contribution in [0.25, 0.3) is 6.08 Å². The minimum Gasteiger partial charge on any atom is -0.406 e. The van der Waals surface area contributed by atoms with Gasteiger partial charge < -0.3 is 25.6 Å². The summed E-state index contributed by atoms with van der Waals surface area (Å²) in [7, 11) is 0. The van der Waals surface area contributed by atoms with Crippen molar-refractivity contribution in [2.24, 2.45) is 4.99 Å². The third-order valence-corrected chi connectivity index (χ3v) is 7.47. The Morgan fingerprint density at radius 2 is 1.70 bits per heavy atom. The van der Waals surface area contributed by atoms with Crippen molar-refractivity contribution >= 4 is 53.4 Å². The van der Waals surface area contributed by atoms with Gasteiger partial charge in [-0.15, -0.1) is 13.2 Å². The van der Waals surface area contributed by atoms with Gasteiger partial charge in [-0.05, 0) is 60.3 Å². The van der Waals surface area contributed by atoms with Gasteiger partial charge in [-0.25, -0.2) is 0 Å². The zero-order valence-electron chi connectivity index (χ0n) is 23.3. The number of anilines is 2. The molecule has 0 aromatic heterocycles. The maximum absolute atomic E-state index is 13.4. The van der Waals surface area contributed by atoms with Crippen molar-refractivity contribution in [2.45, 2.75) is 12.4 Å². The average Bonchev–Trinajstić information content (AvgIpc) is 3.00. The van der Waals surface area contributed by atoms with Crippen molar-refractivity contribution in [1.82, 2.24) is 10.2 Å². The number of hydrogen-bond donors (Lipinski definition) is 3. The van der Waals surface area contributed by atoms with Crippen LogP contribution >= 0.6 is 11.8 Å². The predicted octanol–water partition coefficient (Wildman–Crippen LogP) is 5.89. The van der Waals surface area contributed by atoms with E-state index in [1.807, 2.05) is 11.8 Å². The first kappa shape index (κ1) is 31.8. The van der Waals surface area contributed by atoms with Crippen molar-refractivity contribution in [1.29, 1.82) is 0 Å². The highest BCUT2D eigenvalue weighted by atomic mass is 32.2. The Balaban J connectivity index is 1.42. The van der Waals surface area contributed by atoms with Gasteiger partial charge in [-0.2, -0.15) is 11.8 Å². The highest BCUT2D eigenvalue weighted by Gasteiger charge is 2.31. The summed E-state index contributed by atoms with van der Waals surface area (Å²) in [6.45, 7) is 6.81. The Morgan fingerprint density at radius 1 is 1.00 bits per heavy atom. The third-order valence-electron chi connectivity index (χ3n) is 6.53. The highest BCUT2D eigenvalue weighted by Crippen LogP contribution is 2.25. The van der Waals surface area contributed by atoms with Crippen LogP contribution in [0.1, 0.15) is 17.2 Å². The maximum atomic E-state index is 13.4. The molecule has 3 aromatic rings. The summed E-state index contributed by atoms with van der Waals surface area (Å²) in [5.74, 6) is 1.07. The lowest BCUT2D eigenvalue weighted by molar-refractivity contribution is -0.274. The third kappa shape index (κ3) is 10.3. The minimum absolute atomic E-state index is 0.332. The molecule has 3 N–H and O–H groups in total. The van der Waals surface area contributed by atoms with Crippen LogP contribution in [-0.4, -0.2) is 67.5 Å². The maximum Gasteiger partial charge on any atom is 0.573 e. The van der Waals surface area contributed by atoms with Gasteiger partial charge in [0.05, 0.1) is 11.4 Å². The van der Waals surface area contributed by atoms with Gasteiger partial charge in [0.15, 0.2) is 0 Å². The van der Waals surface area contributed by atoms with Crippen LogP contribution < -0.4 is 20.7 Å². The normalized spacial score (nSPS) is 14.7. The van der Waals surface area contributed by atoms with Crippen LogP contribution in [0.4, 0.5) is 30.2 Å². The second-order valence-electron chi connectivity index (χ2n) is 9.57. The van der Waals surface area contributed by atoms with Gasteiger partial charge in [0, 0.05) is 49.4 Å². The molecule has 4 rings (SSSR count). The molecule has 1 unspecified atom stereocenters. The number of para-hydroxylation sites is 2. The molecule has 1 heterocycles. The summed E-state index contributed by atoms with van der Waals surface area (Å²) in [4.78, 5) is 32.0. The zero-order valence-corrected chi connectivity index (χ0v) is 24.1. The van der Waals surface area contributed by atoms with E-state index < -0.39 is 12.4 Å². The number of amides is 2. The van der Waals surface area contributed by atoms with E-state index >= 15 is 0 Å². The fourth-order valence-electron chi connectivity index (χ4n) is 4.37. The number of hydrogen-bond acceptors (Lipinski definition) is 7. The molecule has 0 bridgehead atoms. The number of alkyl halides is 3. The molecule has 1 atom stereocenters. The SMILES string of the molecule is C=Nc1ccccc1NC(=O)/C=C/c1ccc(C(NCCN2CCSCC2)C(=O)Nc2ccc(OC(F)(F)F)cc2)cc1. The second-order valence-corrected chi connectivity index (χ2v) is 10.8. The van der Waals surface area contributed by atoms with Crippen molar-refractivity contribution in [3.05, 3.63) is 90.0 Å². The molecular formula is C31H32F3N5O3S. The molecule has 2 amide bonds. The van der Waals surface area contributed by atoms with E-state index in [-0.39, 0.29) is 17.6 Å². The molecule has 1 fully saturated rings. The lowest BCUT2D eigenvalue weighted by Gasteiger charge is -2.27. The Morgan fingerprint density at radius 3 is 2.37 bits per heavy atom. The van der Waals surface area contributed by atoms with Gasteiger partial charge in [-0.1, -0.05) is 36.4 Å². The lowest BCUT2D eigenvalue weighted by atomic mass is 10.0. The Kier molecular flexibility index (Phi) is 11.4. The summed E-state index contributed by atoms with van der Waals surface area (Å²) in [6, 6.07) is 18.5. The van der Waals surface area contributed by atoms with E-state index in [1.165, 1.54) is 18.2 Å². The number of nitrogens with one attached hydrogen (secondary N) is 3. The molecule has 0 aliphatic carbocycles. The van der Waals surface area contributed by atoms with E-state index in [2.05, 4.69) is 37.3 Å². The molecular weight excluding hydrogens is 579 g/mol. The molecule has 226 valence electrons. The first-order chi connectivity index (χ1) is 20.7. The number of benzene rings is 3. The van der Waals surface area contributed by atoms with Crippen LogP contribution in [0.3, 0.4) is 0 Å². The largest absolute Gasteiger partial charge is 0.573 e. The number of ether oxygens (including phenoxy) is 1. The smallest absolute Gasteiger partial charge is 0.406 e. The van der Waals surface area contributed by atoms with Crippen LogP contribution in [0.5, 0.6) is 5.75 Å². The fourth-order valence-corrected chi connectivity index (χ4v) is 5.35. The van der Waals surface area contributed by atoms with Crippen LogP contribution in [-0.2, 0) is 9.59 Å². The predicted molar refractivity (Wildman–Crippen MR) is 166 cm³/mol. The van der Waals surface area contributed by atoms with E-state index in [4.69, 9.17) is 0 Å². The molecule has 3 aromatic carbocycles. The van der Waals surface area contributed by atoms with Gasteiger partial charge in [-0.3, -0.25) is 14.6 Å². The van der Waals surface area contributed by atoms with Crippen LogP contribution in [0.15, 0.2) is 83.9 Å². The Bertz CT molecular complexity index is 1410. The number of nitrogens with zero attached hydrogens (tertiary/aromatic N) is 2. The standard InChI is InChI=1S/C31H32F3N5O3S/c1-35-26-4-2-3-5-27(26)38-28(40)15-8-22-6-9-23(10-7-22)29(36-16-17-39-18-20-43-21-19-39)30(41)37-24-11-13-25(14-12-24)42-31(32,33)34/h2-15,29,36H,1,16-21H2,(H,37,41)(H,38,40)/b15-8+. The number of carbonyl (C=O) groups is 2. The van der Waals surface area contributed by atoms with E-state index in [0.717, 1.165) is 48.8 Å². The van der Waals surface area contributed by atoms with Gasteiger partial charge in [0.25, 0.3) is 0 Å². The average molecular weight is 612 g/mol. The van der Waals surface area contributed by atoms with Crippen molar-refractivity contribution in [3.8, 4) is 5.75 Å². The first-order valence-electron chi connectivity index (χ1n) is 13.5. The molecule has 8 nitrogen and oxygen atoms in total. The molecule has 12 heteroatoms. The van der Waals surface area contributed by atoms with Gasteiger partial charge in [0.1, 0.15) is 11.8 Å². The van der Waals surface area contributed by atoms with E-state index in [1.54, 1.807) is 54.6 Å².